The number of aliphatic hydroxyl groups is 1. The Morgan fingerprint density at radius 3 is 2.62 bits per heavy atom. The number of aliphatic hydroxyl groups excluding tert-OH is 1. The fourth-order valence-corrected chi connectivity index (χ4v) is 1.20. The molecule has 0 radical (unpaired) electrons. The first-order valence-electron chi connectivity index (χ1n) is 4.97. The van der Waals surface area contributed by atoms with Gasteiger partial charge in [-0.3, -0.25) is 4.79 Å². The van der Waals surface area contributed by atoms with Crippen LogP contribution in [0.5, 0.6) is 11.5 Å². The highest BCUT2D eigenvalue weighted by Gasteiger charge is 2.07. The van der Waals surface area contributed by atoms with Crippen LogP contribution in [-0.2, 0) is 11.2 Å². The monoisotopic (exact) mass is 225 g/mol. The van der Waals surface area contributed by atoms with Crippen LogP contribution in [0.2, 0.25) is 0 Å². The average molecular weight is 225 g/mol. The number of hydrogen-bond donors (Lipinski definition) is 4. The van der Waals surface area contributed by atoms with Gasteiger partial charge in [0.25, 0.3) is 0 Å². The molecule has 1 aromatic carbocycles. The minimum Gasteiger partial charge on any atom is -0.504 e. The van der Waals surface area contributed by atoms with Crippen molar-refractivity contribution in [1.82, 2.24) is 5.32 Å². The van der Waals surface area contributed by atoms with Crippen molar-refractivity contribution in [1.29, 1.82) is 0 Å². The normalized spacial score (nSPS) is 12.1. The summed E-state index contributed by atoms with van der Waals surface area (Å²) in [6, 6.07) is 4.48. The Hall–Kier alpha value is -1.75. The molecule has 0 spiro atoms. The average Bonchev–Trinajstić information content (AvgIpc) is 2.23. The molecule has 0 aliphatic carbocycles. The lowest BCUT2D eigenvalue weighted by atomic mass is 10.1. The second-order valence-electron chi connectivity index (χ2n) is 3.54. The zero-order chi connectivity index (χ0) is 12.1. The van der Waals surface area contributed by atoms with E-state index in [1.165, 1.54) is 19.1 Å². The molecule has 0 saturated heterocycles. The number of phenols is 2. The molecule has 0 aliphatic rings. The van der Waals surface area contributed by atoms with Crippen LogP contribution in [0.15, 0.2) is 18.2 Å². The Bertz CT molecular complexity index is 376. The van der Waals surface area contributed by atoms with E-state index in [0.29, 0.717) is 13.0 Å². The summed E-state index contributed by atoms with van der Waals surface area (Å²) in [6.45, 7) is 1.76. The number of amides is 1. The number of carbonyl (C=O) groups excluding carboxylic acids is 1. The molecule has 0 heterocycles. The van der Waals surface area contributed by atoms with E-state index in [0.717, 1.165) is 5.56 Å². The molecular formula is C11H15NO4. The first-order valence-corrected chi connectivity index (χ1v) is 4.97. The number of carbonyl (C=O) groups is 1. The summed E-state index contributed by atoms with van der Waals surface area (Å²) in [6.07, 6.45) is -0.500. The molecule has 16 heavy (non-hydrogen) atoms. The van der Waals surface area contributed by atoms with Crippen molar-refractivity contribution in [2.45, 2.75) is 19.4 Å². The van der Waals surface area contributed by atoms with E-state index in [1.807, 2.05) is 0 Å². The molecule has 0 aliphatic heterocycles. The van der Waals surface area contributed by atoms with E-state index in [1.54, 1.807) is 6.07 Å². The molecule has 5 nitrogen and oxygen atoms in total. The zero-order valence-corrected chi connectivity index (χ0v) is 8.97. The Kier molecular flexibility index (Phi) is 4.13. The third-order valence-corrected chi connectivity index (χ3v) is 2.13. The molecule has 88 valence electrons. The van der Waals surface area contributed by atoms with Gasteiger partial charge in [0.1, 0.15) is 6.10 Å². The van der Waals surface area contributed by atoms with Crippen LogP contribution in [-0.4, -0.2) is 33.9 Å². The largest absolute Gasteiger partial charge is 0.504 e. The molecule has 1 unspecified atom stereocenters. The summed E-state index contributed by atoms with van der Waals surface area (Å²) in [5, 5.41) is 29.7. The van der Waals surface area contributed by atoms with E-state index in [-0.39, 0.29) is 11.5 Å². The maximum absolute atomic E-state index is 11.0. The summed E-state index contributed by atoms with van der Waals surface area (Å²) in [5.74, 6) is -0.779. The van der Waals surface area contributed by atoms with Crippen LogP contribution in [0.3, 0.4) is 0 Å². The van der Waals surface area contributed by atoms with Crippen LogP contribution in [0.4, 0.5) is 0 Å². The molecule has 5 heteroatoms. The van der Waals surface area contributed by atoms with Crippen LogP contribution >= 0.6 is 0 Å². The minimum atomic E-state index is -1.02. The first-order chi connectivity index (χ1) is 7.50. The number of phenolic OH excluding ortho intramolecular Hbond substituents is 2. The Labute approximate surface area is 93.4 Å². The Morgan fingerprint density at radius 1 is 1.38 bits per heavy atom. The highest BCUT2D eigenvalue weighted by atomic mass is 16.3. The minimum absolute atomic E-state index is 0.170. The van der Waals surface area contributed by atoms with Crippen molar-refractivity contribution in [2.75, 3.05) is 6.54 Å². The lowest BCUT2D eigenvalue weighted by molar-refractivity contribution is -0.128. The van der Waals surface area contributed by atoms with E-state index >= 15 is 0 Å². The number of nitrogens with one attached hydrogen (secondary N) is 1. The summed E-state index contributed by atoms with van der Waals surface area (Å²) < 4.78 is 0. The Balaban J connectivity index is 2.43. The summed E-state index contributed by atoms with van der Waals surface area (Å²) in [7, 11) is 0. The first kappa shape index (κ1) is 12.3. The van der Waals surface area contributed by atoms with Crippen LogP contribution in [0.25, 0.3) is 0 Å². The van der Waals surface area contributed by atoms with Crippen LogP contribution in [0.1, 0.15) is 12.5 Å². The standard InChI is InChI=1S/C11H15NO4/c1-7(13)11(16)12-5-4-8-2-3-9(14)10(15)6-8/h2-3,6-7,13-15H,4-5H2,1H3,(H,12,16). The van der Waals surface area contributed by atoms with Gasteiger partial charge in [0.05, 0.1) is 0 Å². The second-order valence-corrected chi connectivity index (χ2v) is 3.54. The van der Waals surface area contributed by atoms with Gasteiger partial charge >= 0.3 is 0 Å². The van der Waals surface area contributed by atoms with E-state index in [2.05, 4.69) is 5.32 Å². The van der Waals surface area contributed by atoms with Gasteiger partial charge in [-0.2, -0.15) is 0 Å². The molecule has 0 saturated carbocycles. The fourth-order valence-electron chi connectivity index (χ4n) is 1.20. The highest BCUT2D eigenvalue weighted by molar-refractivity contribution is 5.79. The quantitative estimate of drug-likeness (QED) is 0.549. The zero-order valence-electron chi connectivity index (χ0n) is 8.97. The van der Waals surface area contributed by atoms with Crippen molar-refractivity contribution >= 4 is 5.91 Å². The molecule has 4 N–H and O–H groups in total. The molecule has 1 atom stereocenters. The lowest BCUT2D eigenvalue weighted by Gasteiger charge is -2.07. The van der Waals surface area contributed by atoms with Crippen molar-refractivity contribution in [2.24, 2.45) is 0 Å². The van der Waals surface area contributed by atoms with Gasteiger partial charge in [0.15, 0.2) is 11.5 Å². The van der Waals surface area contributed by atoms with Gasteiger partial charge in [0.2, 0.25) is 5.91 Å². The van der Waals surface area contributed by atoms with Crippen molar-refractivity contribution < 1.29 is 20.1 Å². The predicted octanol–water partition coefficient (Wildman–Crippen LogP) is 0.137. The van der Waals surface area contributed by atoms with Gasteiger partial charge in [-0.1, -0.05) is 6.07 Å². The van der Waals surface area contributed by atoms with Gasteiger partial charge in [-0.15, -0.1) is 0 Å². The summed E-state index contributed by atoms with van der Waals surface area (Å²) >= 11 is 0. The maximum Gasteiger partial charge on any atom is 0.248 e. The van der Waals surface area contributed by atoms with Crippen LogP contribution in [0, 0.1) is 0 Å². The maximum atomic E-state index is 11.0. The SMILES string of the molecule is CC(O)C(=O)NCCc1ccc(O)c(O)c1. The third kappa shape index (κ3) is 3.43. The van der Waals surface area contributed by atoms with Gasteiger partial charge in [0, 0.05) is 6.54 Å². The third-order valence-electron chi connectivity index (χ3n) is 2.13. The topological polar surface area (TPSA) is 89.8 Å². The highest BCUT2D eigenvalue weighted by Crippen LogP contribution is 2.24. The summed E-state index contributed by atoms with van der Waals surface area (Å²) in [5.41, 5.74) is 0.793. The van der Waals surface area contributed by atoms with Crippen molar-refractivity contribution in [3.05, 3.63) is 23.8 Å². The fraction of sp³-hybridized carbons (Fsp3) is 0.364. The van der Waals surface area contributed by atoms with E-state index in [4.69, 9.17) is 10.2 Å². The number of rotatable bonds is 4. The number of benzene rings is 1. The number of aromatic hydroxyl groups is 2. The predicted molar refractivity (Wildman–Crippen MR) is 58.2 cm³/mol. The Morgan fingerprint density at radius 2 is 2.06 bits per heavy atom. The molecule has 1 aromatic rings. The second kappa shape index (κ2) is 5.37. The van der Waals surface area contributed by atoms with Gasteiger partial charge in [-0.25, -0.2) is 0 Å². The molecular weight excluding hydrogens is 210 g/mol. The molecule has 0 aromatic heterocycles. The molecule has 1 amide bonds. The van der Waals surface area contributed by atoms with E-state index < -0.39 is 12.0 Å². The van der Waals surface area contributed by atoms with Gasteiger partial charge < -0.3 is 20.6 Å². The van der Waals surface area contributed by atoms with Crippen molar-refractivity contribution in [3.8, 4) is 11.5 Å². The smallest absolute Gasteiger partial charge is 0.248 e. The molecule has 0 bridgehead atoms. The van der Waals surface area contributed by atoms with E-state index in [9.17, 15) is 9.90 Å². The molecule has 1 rings (SSSR count). The van der Waals surface area contributed by atoms with Gasteiger partial charge in [-0.05, 0) is 31.0 Å². The summed E-state index contributed by atoms with van der Waals surface area (Å²) in [4.78, 5) is 11.0. The van der Waals surface area contributed by atoms with Crippen molar-refractivity contribution in [3.63, 3.8) is 0 Å². The number of hydrogen-bond acceptors (Lipinski definition) is 4. The van der Waals surface area contributed by atoms with Crippen LogP contribution < -0.4 is 5.32 Å². The molecule has 0 fully saturated rings. The lowest BCUT2D eigenvalue weighted by Crippen LogP contribution is -2.33.